The van der Waals surface area contributed by atoms with Gasteiger partial charge < -0.3 is 18.8 Å². The molecule has 46 heavy (non-hydrogen) atoms. The number of esters is 1. The second-order valence-corrected chi connectivity index (χ2v) is 11.8. The Morgan fingerprint density at radius 1 is 1.11 bits per heavy atom. The largest absolute Gasteiger partial charge is 0.493 e. The minimum Gasteiger partial charge on any atom is -0.493 e. The molecule has 0 radical (unpaired) electrons. The average Bonchev–Trinajstić information content (AvgIpc) is 3.49. The van der Waals surface area contributed by atoms with E-state index in [2.05, 4.69) is 5.10 Å². The second kappa shape index (κ2) is 13.0. The zero-order chi connectivity index (χ0) is 32.6. The van der Waals surface area contributed by atoms with Crippen LogP contribution in [0.5, 0.6) is 5.75 Å². The van der Waals surface area contributed by atoms with Crippen LogP contribution in [0.25, 0.3) is 32.8 Å². The van der Waals surface area contributed by atoms with Crippen LogP contribution in [0.3, 0.4) is 0 Å². The van der Waals surface area contributed by atoms with Gasteiger partial charge in [0.15, 0.2) is 0 Å². The number of hydrogen-bond acceptors (Lipinski definition) is 5. The highest BCUT2D eigenvalue weighted by Crippen LogP contribution is 2.44. The lowest BCUT2D eigenvalue weighted by atomic mass is 9.97. The van der Waals surface area contributed by atoms with Crippen LogP contribution in [-0.2, 0) is 42.5 Å². The number of alkyl halides is 2. The Bertz CT molecular complexity index is 1930. The summed E-state index contributed by atoms with van der Waals surface area (Å²) in [5, 5.41) is 7.17. The van der Waals surface area contributed by atoms with Gasteiger partial charge in [0.05, 0.1) is 49.2 Å². The lowest BCUT2D eigenvalue weighted by molar-refractivity contribution is -0.0484. The number of fused-ring (bicyclic) bond motifs is 3. The van der Waals surface area contributed by atoms with E-state index in [1.54, 1.807) is 35.9 Å². The van der Waals surface area contributed by atoms with Crippen LogP contribution in [0, 0.1) is 5.82 Å². The number of rotatable bonds is 8. The maximum atomic E-state index is 15.6. The molecule has 0 atom stereocenters. The van der Waals surface area contributed by atoms with Crippen molar-refractivity contribution in [2.45, 2.75) is 58.6 Å². The summed E-state index contributed by atoms with van der Waals surface area (Å²) < 4.78 is 65.4. The number of carbonyl (C=O) groups excluding carboxylic acids is 1. The normalized spacial score (nSPS) is 14.7. The van der Waals surface area contributed by atoms with E-state index in [1.165, 1.54) is 16.7 Å². The number of ether oxygens (including phenoxy) is 3. The quantitative estimate of drug-likeness (QED) is 0.125. The van der Waals surface area contributed by atoms with E-state index in [-0.39, 0.29) is 37.9 Å². The van der Waals surface area contributed by atoms with Gasteiger partial charge in [0.2, 0.25) is 0 Å². The van der Waals surface area contributed by atoms with E-state index < -0.39 is 24.9 Å². The summed E-state index contributed by atoms with van der Waals surface area (Å²) in [6.45, 7) is 3.13. The van der Waals surface area contributed by atoms with E-state index in [1.807, 2.05) is 26.1 Å². The summed E-state index contributed by atoms with van der Waals surface area (Å²) in [5.74, 6) is -3.61. The van der Waals surface area contributed by atoms with E-state index in [4.69, 9.17) is 25.8 Å². The van der Waals surface area contributed by atoms with Crippen molar-refractivity contribution in [1.29, 1.82) is 0 Å². The summed E-state index contributed by atoms with van der Waals surface area (Å²) in [5.41, 5.74) is 3.82. The number of benzene rings is 3. The lowest BCUT2D eigenvalue weighted by Gasteiger charge is -2.20. The van der Waals surface area contributed by atoms with Gasteiger partial charge in [-0.25, -0.2) is 18.0 Å². The second-order valence-electron chi connectivity index (χ2n) is 11.4. The monoisotopic (exact) mass is 653 g/mol. The summed E-state index contributed by atoms with van der Waals surface area (Å²) in [6.07, 6.45) is 0.876. The molecule has 3 aromatic carbocycles. The fourth-order valence-corrected chi connectivity index (χ4v) is 6.72. The molecule has 1 aliphatic rings. The van der Waals surface area contributed by atoms with E-state index in [9.17, 15) is 9.18 Å². The third kappa shape index (κ3) is 5.96. The molecule has 3 heterocycles. The number of aryl methyl sites for hydroxylation is 2. The predicted molar refractivity (Wildman–Crippen MR) is 171 cm³/mol. The lowest BCUT2D eigenvalue weighted by Crippen LogP contribution is -2.28. The SMILES string of the molecule is CCOC(=O)c1c(CCCOc2cccc3cc(F)ccc23)c2ccc(Cl)c3c2n1CC(F)(F)CCOCc1nn(C)c(CC)c1-3. The molecule has 0 saturated heterocycles. The maximum Gasteiger partial charge on any atom is 0.355 e. The van der Waals surface area contributed by atoms with Gasteiger partial charge in [-0.15, -0.1) is 0 Å². The predicted octanol–water partition coefficient (Wildman–Crippen LogP) is 8.29. The average molecular weight is 654 g/mol. The molecule has 11 heteroatoms. The molecular weight excluding hydrogens is 619 g/mol. The number of aromatic nitrogens is 3. The molecule has 0 spiro atoms. The van der Waals surface area contributed by atoms with Gasteiger partial charge in [0.25, 0.3) is 5.92 Å². The number of carbonyl (C=O) groups is 1. The minimum atomic E-state index is -3.19. The first-order valence-electron chi connectivity index (χ1n) is 15.5. The topological polar surface area (TPSA) is 67.5 Å². The Kier molecular flexibility index (Phi) is 9.03. The molecule has 0 aliphatic carbocycles. The van der Waals surface area contributed by atoms with Crippen molar-refractivity contribution < 1.29 is 32.2 Å². The Hall–Kier alpha value is -4.02. The van der Waals surface area contributed by atoms with Gasteiger partial charge >= 0.3 is 5.97 Å². The zero-order valence-electron chi connectivity index (χ0n) is 26.0. The third-order valence-corrected chi connectivity index (χ3v) is 8.76. The van der Waals surface area contributed by atoms with E-state index in [0.29, 0.717) is 57.8 Å². The summed E-state index contributed by atoms with van der Waals surface area (Å²) >= 11 is 6.92. The van der Waals surface area contributed by atoms with E-state index >= 15 is 8.78 Å². The molecule has 7 nitrogen and oxygen atoms in total. The molecule has 242 valence electrons. The minimum absolute atomic E-state index is 0.0441. The molecular formula is C35H35ClF3N3O4. The zero-order valence-corrected chi connectivity index (χ0v) is 26.7. The summed E-state index contributed by atoms with van der Waals surface area (Å²) in [4.78, 5) is 13.6. The third-order valence-electron chi connectivity index (χ3n) is 8.44. The molecule has 0 unspecified atom stereocenters. The smallest absolute Gasteiger partial charge is 0.355 e. The summed E-state index contributed by atoms with van der Waals surface area (Å²) in [7, 11) is 1.83. The highest BCUT2D eigenvalue weighted by molar-refractivity contribution is 6.35. The first kappa shape index (κ1) is 31.9. The van der Waals surface area contributed by atoms with Crippen molar-refractivity contribution in [3.8, 4) is 16.9 Å². The molecule has 0 N–H and O–H groups in total. The van der Waals surface area contributed by atoms with Crippen LogP contribution in [0.15, 0.2) is 48.5 Å². The Labute approximate surface area is 269 Å². The van der Waals surface area contributed by atoms with Crippen molar-refractivity contribution in [2.75, 3.05) is 19.8 Å². The van der Waals surface area contributed by atoms with Crippen LogP contribution >= 0.6 is 11.6 Å². The van der Waals surface area contributed by atoms with Gasteiger partial charge in [0.1, 0.15) is 17.3 Å². The molecule has 0 amide bonds. The first-order valence-corrected chi connectivity index (χ1v) is 15.8. The summed E-state index contributed by atoms with van der Waals surface area (Å²) in [6, 6.07) is 13.5. The standard InChI is InChI=1S/C35H35ClF3N3O4/c1-4-28-31-27(40-41(28)3)19-44-17-15-35(38,39)20-42-32-25(13-14-26(36)30(31)32)24(33(42)34(43)45-5-2)9-7-16-46-29-10-6-8-21-18-22(37)11-12-23(21)29/h6,8,10-14,18H,4-5,7,9,15-17,19-20H2,1-3H3. The van der Waals surface area contributed by atoms with Gasteiger partial charge in [-0.1, -0.05) is 36.7 Å². The van der Waals surface area contributed by atoms with Gasteiger partial charge in [-0.3, -0.25) is 4.68 Å². The van der Waals surface area contributed by atoms with Gasteiger partial charge in [-0.2, -0.15) is 5.10 Å². The van der Waals surface area contributed by atoms with Crippen molar-refractivity contribution in [3.63, 3.8) is 0 Å². The Morgan fingerprint density at radius 3 is 2.70 bits per heavy atom. The van der Waals surface area contributed by atoms with Gasteiger partial charge in [-0.05, 0) is 67.5 Å². The highest BCUT2D eigenvalue weighted by Gasteiger charge is 2.36. The number of nitrogens with zero attached hydrogens (tertiary/aromatic N) is 3. The molecule has 0 bridgehead atoms. The van der Waals surface area contributed by atoms with Crippen molar-refractivity contribution in [3.05, 3.63) is 82.0 Å². The van der Waals surface area contributed by atoms with Crippen LogP contribution in [-0.4, -0.2) is 46.1 Å². The van der Waals surface area contributed by atoms with Gasteiger partial charge in [0, 0.05) is 41.1 Å². The fourth-order valence-electron chi connectivity index (χ4n) is 6.47. The molecule has 6 rings (SSSR count). The van der Waals surface area contributed by atoms with Crippen molar-refractivity contribution in [1.82, 2.24) is 14.3 Å². The fraction of sp³-hybridized carbons (Fsp3) is 0.371. The molecule has 1 aliphatic heterocycles. The molecule has 0 saturated carbocycles. The highest BCUT2D eigenvalue weighted by atomic mass is 35.5. The molecule has 0 fully saturated rings. The van der Waals surface area contributed by atoms with Crippen LogP contribution in [0.1, 0.15) is 54.1 Å². The van der Waals surface area contributed by atoms with Crippen molar-refractivity contribution >= 4 is 39.2 Å². The Balaban J connectivity index is 1.49. The van der Waals surface area contributed by atoms with Crippen LogP contribution < -0.4 is 4.74 Å². The van der Waals surface area contributed by atoms with E-state index in [0.717, 1.165) is 22.0 Å². The van der Waals surface area contributed by atoms with Crippen LogP contribution in [0.4, 0.5) is 13.2 Å². The Morgan fingerprint density at radius 2 is 1.91 bits per heavy atom. The first-order chi connectivity index (χ1) is 22.1. The van der Waals surface area contributed by atoms with Crippen molar-refractivity contribution in [2.24, 2.45) is 7.05 Å². The molecule has 2 aromatic heterocycles. The van der Waals surface area contributed by atoms with Crippen LogP contribution in [0.2, 0.25) is 5.02 Å². The maximum absolute atomic E-state index is 15.6. The molecule has 5 aromatic rings. The number of hydrogen-bond donors (Lipinski definition) is 0. The number of halogens is 4.